The molecule has 0 aliphatic carbocycles. The van der Waals surface area contributed by atoms with E-state index in [4.69, 9.17) is 0 Å². The van der Waals surface area contributed by atoms with Crippen LogP contribution in [0, 0.1) is 0 Å². The molecule has 0 atom stereocenters. The smallest absolute Gasteiger partial charge is 0.221 e. The molecule has 1 N–H and O–H groups in total. The molecule has 0 bridgehead atoms. The van der Waals surface area contributed by atoms with Gasteiger partial charge in [-0.25, -0.2) is 4.57 Å². The number of aryl methyl sites for hydroxylation is 1. The first-order valence-corrected chi connectivity index (χ1v) is 4.83. The summed E-state index contributed by atoms with van der Waals surface area (Å²) in [5.74, 6) is -0.0466. The number of carbonyl (C=O) groups is 1. The van der Waals surface area contributed by atoms with Crippen LogP contribution >= 0.6 is 0 Å². The quantitative estimate of drug-likeness (QED) is 0.508. The van der Waals surface area contributed by atoms with Crippen molar-refractivity contribution in [3.8, 4) is 0 Å². The Morgan fingerprint density at radius 2 is 2.06 bits per heavy atom. The Morgan fingerprint density at radius 1 is 1.31 bits per heavy atom. The van der Waals surface area contributed by atoms with Gasteiger partial charge in [0.1, 0.15) is 7.05 Å². The fourth-order valence-corrected chi connectivity index (χ4v) is 1.65. The molecule has 4 heteroatoms. The van der Waals surface area contributed by atoms with Crippen LogP contribution in [0.5, 0.6) is 0 Å². The second kappa shape index (κ2) is 5.25. The number of fused-ring (bicyclic) bond motifs is 1. The van der Waals surface area contributed by atoms with Crippen LogP contribution in [0.1, 0.15) is 6.92 Å². The molecular weight excluding hydrogens is 315 g/mol. The van der Waals surface area contributed by atoms with Gasteiger partial charge in [-0.15, -0.1) is 0 Å². The number of pyridine rings is 1. The average molecular weight is 328 g/mol. The molecule has 1 amide bonds. The lowest BCUT2D eigenvalue weighted by Gasteiger charge is -2.02. The molecule has 84 valence electrons. The van der Waals surface area contributed by atoms with Crippen molar-refractivity contribution >= 4 is 22.5 Å². The minimum atomic E-state index is -0.0466. The summed E-state index contributed by atoms with van der Waals surface area (Å²) >= 11 is 0. The molecule has 0 radical (unpaired) electrons. The highest BCUT2D eigenvalue weighted by Gasteiger charge is 2.04. The van der Waals surface area contributed by atoms with Gasteiger partial charge in [0.25, 0.3) is 0 Å². The third kappa shape index (κ3) is 2.69. The molecule has 16 heavy (non-hydrogen) atoms. The zero-order chi connectivity index (χ0) is 10.8. The topological polar surface area (TPSA) is 33.0 Å². The Bertz CT molecular complexity index is 525. The predicted molar refractivity (Wildman–Crippen MR) is 59.4 cm³/mol. The van der Waals surface area contributed by atoms with Gasteiger partial charge in [-0.1, -0.05) is 0 Å². The van der Waals surface area contributed by atoms with Crippen molar-refractivity contribution in [3.05, 3.63) is 36.5 Å². The van der Waals surface area contributed by atoms with E-state index in [1.54, 1.807) is 0 Å². The van der Waals surface area contributed by atoms with Crippen LogP contribution in [0.3, 0.4) is 0 Å². The summed E-state index contributed by atoms with van der Waals surface area (Å²) in [6, 6.07) is 9.89. The molecule has 0 spiro atoms. The molecule has 1 heterocycles. The van der Waals surface area contributed by atoms with Crippen molar-refractivity contribution in [2.45, 2.75) is 6.92 Å². The number of rotatable bonds is 1. The molecule has 2 rings (SSSR count). The number of halogens is 1. The van der Waals surface area contributed by atoms with Gasteiger partial charge in [0.2, 0.25) is 11.4 Å². The molecular formula is C12H13IN2O. The van der Waals surface area contributed by atoms with Crippen molar-refractivity contribution in [1.29, 1.82) is 0 Å². The van der Waals surface area contributed by atoms with Crippen LogP contribution in [0.15, 0.2) is 36.5 Å². The van der Waals surface area contributed by atoms with Gasteiger partial charge in [0.15, 0.2) is 6.20 Å². The minimum absolute atomic E-state index is 0. The Labute approximate surface area is 111 Å². The van der Waals surface area contributed by atoms with E-state index in [0.717, 1.165) is 16.6 Å². The monoisotopic (exact) mass is 328 g/mol. The van der Waals surface area contributed by atoms with Crippen molar-refractivity contribution < 1.29 is 33.3 Å². The third-order valence-corrected chi connectivity index (χ3v) is 2.31. The predicted octanol–water partition coefficient (Wildman–Crippen LogP) is -1.37. The summed E-state index contributed by atoms with van der Waals surface area (Å²) in [5, 5.41) is 3.89. The van der Waals surface area contributed by atoms with Crippen molar-refractivity contribution in [2.75, 3.05) is 5.32 Å². The number of aromatic nitrogens is 1. The lowest BCUT2D eigenvalue weighted by Crippen LogP contribution is -3.00. The molecule has 1 aromatic carbocycles. The molecule has 3 nitrogen and oxygen atoms in total. The van der Waals surface area contributed by atoms with E-state index in [-0.39, 0.29) is 29.9 Å². The van der Waals surface area contributed by atoms with Crippen LogP contribution in [0.25, 0.3) is 10.9 Å². The van der Waals surface area contributed by atoms with Crippen molar-refractivity contribution in [1.82, 2.24) is 0 Å². The van der Waals surface area contributed by atoms with Crippen molar-refractivity contribution in [2.24, 2.45) is 7.05 Å². The van der Waals surface area contributed by atoms with Gasteiger partial charge in [0.05, 0.1) is 0 Å². The first-order chi connectivity index (χ1) is 7.16. The maximum atomic E-state index is 10.9. The largest absolute Gasteiger partial charge is 1.00 e. The van der Waals surface area contributed by atoms with E-state index in [9.17, 15) is 4.79 Å². The Morgan fingerprint density at radius 3 is 2.75 bits per heavy atom. The average Bonchev–Trinajstić information content (AvgIpc) is 2.17. The van der Waals surface area contributed by atoms with Gasteiger partial charge >= 0.3 is 0 Å². The maximum absolute atomic E-state index is 10.9. The number of benzene rings is 1. The van der Waals surface area contributed by atoms with Gasteiger partial charge in [-0.2, -0.15) is 0 Å². The summed E-state index contributed by atoms with van der Waals surface area (Å²) in [6.07, 6.45) is 2.00. The zero-order valence-electron chi connectivity index (χ0n) is 9.20. The first-order valence-electron chi connectivity index (χ1n) is 4.83. The highest BCUT2D eigenvalue weighted by atomic mass is 127. The number of hydrogen-bond acceptors (Lipinski definition) is 1. The van der Waals surface area contributed by atoms with E-state index in [2.05, 4.69) is 5.32 Å². The molecule has 0 aliphatic heterocycles. The second-order valence-corrected chi connectivity index (χ2v) is 3.57. The number of hydrogen-bond donors (Lipinski definition) is 1. The Kier molecular flexibility index (Phi) is 4.23. The molecule has 1 aromatic heterocycles. The zero-order valence-corrected chi connectivity index (χ0v) is 11.4. The minimum Gasteiger partial charge on any atom is -1.00 e. The van der Waals surface area contributed by atoms with Crippen LogP contribution in [-0.2, 0) is 11.8 Å². The lowest BCUT2D eigenvalue weighted by molar-refractivity contribution is -0.644. The summed E-state index contributed by atoms with van der Waals surface area (Å²) in [4.78, 5) is 10.9. The second-order valence-electron chi connectivity index (χ2n) is 3.57. The highest BCUT2D eigenvalue weighted by Crippen LogP contribution is 2.15. The van der Waals surface area contributed by atoms with Gasteiger partial charge in [-0.3, -0.25) is 4.79 Å². The van der Waals surface area contributed by atoms with E-state index in [1.165, 1.54) is 6.92 Å². The van der Waals surface area contributed by atoms with Crippen LogP contribution < -0.4 is 33.9 Å². The molecule has 0 aliphatic rings. The van der Waals surface area contributed by atoms with E-state index >= 15 is 0 Å². The fourth-order valence-electron chi connectivity index (χ4n) is 1.65. The Balaban J connectivity index is 0.00000128. The number of carbonyl (C=O) groups excluding carboxylic acids is 1. The molecule has 0 saturated carbocycles. The molecule has 0 fully saturated rings. The molecule has 2 aromatic rings. The maximum Gasteiger partial charge on any atom is 0.221 e. The number of amides is 1. The molecule has 0 saturated heterocycles. The number of nitrogens with zero attached hydrogens (tertiary/aromatic N) is 1. The fraction of sp³-hybridized carbons (Fsp3) is 0.167. The standard InChI is InChI=1S/C12H12N2O.HI/c1-9(15)13-11-5-6-12-10(8-11)4-3-7-14(12)2;/h3-8H,1-2H3;1H. The van der Waals surface area contributed by atoms with Crippen LogP contribution in [0.2, 0.25) is 0 Å². The van der Waals surface area contributed by atoms with Crippen molar-refractivity contribution in [3.63, 3.8) is 0 Å². The van der Waals surface area contributed by atoms with Gasteiger partial charge < -0.3 is 29.3 Å². The van der Waals surface area contributed by atoms with E-state index in [1.807, 2.05) is 48.1 Å². The summed E-state index contributed by atoms with van der Waals surface area (Å²) in [5.41, 5.74) is 1.98. The summed E-state index contributed by atoms with van der Waals surface area (Å²) in [7, 11) is 2.00. The third-order valence-electron chi connectivity index (χ3n) is 2.31. The highest BCUT2D eigenvalue weighted by molar-refractivity contribution is 5.91. The lowest BCUT2D eigenvalue weighted by atomic mass is 10.2. The Hall–Kier alpha value is -1.17. The van der Waals surface area contributed by atoms with E-state index < -0.39 is 0 Å². The van der Waals surface area contributed by atoms with Crippen LogP contribution in [-0.4, -0.2) is 5.91 Å². The number of anilines is 1. The summed E-state index contributed by atoms with van der Waals surface area (Å²) < 4.78 is 2.05. The number of nitrogens with one attached hydrogen (secondary N) is 1. The van der Waals surface area contributed by atoms with Gasteiger partial charge in [-0.05, 0) is 18.2 Å². The van der Waals surface area contributed by atoms with Crippen LogP contribution in [0.4, 0.5) is 5.69 Å². The van der Waals surface area contributed by atoms with Gasteiger partial charge in [0, 0.05) is 30.1 Å². The molecule has 0 unspecified atom stereocenters. The van der Waals surface area contributed by atoms with E-state index in [0.29, 0.717) is 0 Å². The first kappa shape index (κ1) is 12.9. The normalized spacial score (nSPS) is 9.62. The SMILES string of the molecule is CC(=O)Nc1ccc2c(ccc[n+]2C)c1.[I-]. The summed E-state index contributed by atoms with van der Waals surface area (Å²) in [6.45, 7) is 1.51.